The molecule has 3 nitrogen and oxygen atoms in total. The zero-order valence-corrected chi connectivity index (χ0v) is 13.8. The second-order valence-corrected chi connectivity index (χ2v) is 6.16. The molecule has 2 atom stereocenters. The highest BCUT2D eigenvalue weighted by Gasteiger charge is 2.18. The van der Waals surface area contributed by atoms with Crippen LogP contribution in [0.15, 0.2) is 24.3 Å². The molecule has 0 aliphatic carbocycles. The zero-order valence-electron chi connectivity index (χ0n) is 13.8. The number of hydrogen-bond donors (Lipinski definition) is 1. The van der Waals surface area contributed by atoms with Gasteiger partial charge in [0.15, 0.2) is 0 Å². The SMILES string of the molecule is CCN(Cc1ccc(C(C)CNC)cc1)CC1CCCO1. The Morgan fingerprint density at radius 3 is 2.67 bits per heavy atom. The summed E-state index contributed by atoms with van der Waals surface area (Å²) in [5, 5.41) is 3.24. The number of nitrogens with one attached hydrogen (secondary N) is 1. The van der Waals surface area contributed by atoms with Crippen molar-refractivity contribution in [3.8, 4) is 0 Å². The van der Waals surface area contributed by atoms with E-state index in [9.17, 15) is 0 Å². The van der Waals surface area contributed by atoms with E-state index in [1.54, 1.807) is 0 Å². The van der Waals surface area contributed by atoms with Crippen LogP contribution in [0.25, 0.3) is 0 Å². The first kappa shape index (κ1) is 16.5. The molecular weight excluding hydrogens is 260 g/mol. The molecule has 1 aliphatic rings. The first-order valence-electron chi connectivity index (χ1n) is 8.30. The van der Waals surface area contributed by atoms with E-state index < -0.39 is 0 Å². The Hall–Kier alpha value is -0.900. The van der Waals surface area contributed by atoms with Crippen molar-refractivity contribution in [1.82, 2.24) is 10.2 Å². The Morgan fingerprint density at radius 2 is 2.10 bits per heavy atom. The molecule has 1 saturated heterocycles. The van der Waals surface area contributed by atoms with Gasteiger partial charge in [-0.05, 0) is 43.5 Å². The van der Waals surface area contributed by atoms with Crippen molar-refractivity contribution in [2.24, 2.45) is 0 Å². The van der Waals surface area contributed by atoms with Crippen LogP contribution in [0, 0.1) is 0 Å². The van der Waals surface area contributed by atoms with E-state index in [-0.39, 0.29) is 0 Å². The van der Waals surface area contributed by atoms with Crippen LogP contribution in [0.1, 0.15) is 43.7 Å². The molecule has 0 amide bonds. The largest absolute Gasteiger partial charge is 0.377 e. The maximum absolute atomic E-state index is 5.75. The summed E-state index contributed by atoms with van der Waals surface area (Å²) in [6, 6.07) is 9.10. The number of benzene rings is 1. The zero-order chi connectivity index (χ0) is 15.1. The summed E-state index contributed by atoms with van der Waals surface area (Å²) >= 11 is 0. The van der Waals surface area contributed by atoms with E-state index in [1.165, 1.54) is 24.0 Å². The Kier molecular flexibility index (Phi) is 6.68. The topological polar surface area (TPSA) is 24.5 Å². The molecule has 0 bridgehead atoms. The van der Waals surface area contributed by atoms with Gasteiger partial charge in [-0.3, -0.25) is 4.90 Å². The molecule has 2 unspecified atom stereocenters. The van der Waals surface area contributed by atoms with Crippen LogP contribution in [0.4, 0.5) is 0 Å². The second kappa shape index (κ2) is 8.52. The van der Waals surface area contributed by atoms with Crippen molar-refractivity contribution in [2.45, 2.75) is 45.3 Å². The van der Waals surface area contributed by atoms with Gasteiger partial charge in [0, 0.05) is 26.2 Å². The minimum absolute atomic E-state index is 0.444. The quantitative estimate of drug-likeness (QED) is 0.796. The monoisotopic (exact) mass is 290 g/mol. The molecule has 3 heteroatoms. The predicted octanol–water partition coefficient (Wildman–Crippen LogP) is 3.01. The van der Waals surface area contributed by atoms with E-state index in [1.807, 2.05) is 7.05 Å². The van der Waals surface area contributed by atoms with Crippen LogP contribution in [0.2, 0.25) is 0 Å². The first-order valence-corrected chi connectivity index (χ1v) is 8.30. The van der Waals surface area contributed by atoms with Gasteiger partial charge < -0.3 is 10.1 Å². The van der Waals surface area contributed by atoms with Crippen LogP contribution in [0.5, 0.6) is 0 Å². The van der Waals surface area contributed by atoms with Crippen LogP contribution in [-0.4, -0.2) is 44.3 Å². The molecule has 0 aromatic heterocycles. The summed E-state index contributed by atoms with van der Waals surface area (Å²) in [6.07, 6.45) is 2.89. The number of hydrogen-bond acceptors (Lipinski definition) is 3. The molecule has 1 heterocycles. The third kappa shape index (κ3) is 5.10. The standard InChI is InChI=1S/C18H30N2O/c1-4-20(14-18-6-5-11-21-18)13-16-7-9-17(10-8-16)15(2)12-19-3/h7-10,15,18-19H,4-6,11-14H2,1-3H3. The third-order valence-corrected chi connectivity index (χ3v) is 4.40. The van der Waals surface area contributed by atoms with Gasteiger partial charge in [0.2, 0.25) is 0 Å². The maximum atomic E-state index is 5.75. The number of rotatable bonds is 8. The van der Waals surface area contributed by atoms with Gasteiger partial charge in [-0.25, -0.2) is 0 Å². The van der Waals surface area contributed by atoms with Crippen molar-refractivity contribution in [2.75, 3.05) is 33.3 Å². The second-order valence-electron chi connectivity index (χ2n) is 6.16. The Bertz CT molecular complexity index is 398. The van der Waals surface area contributed by atoms with Crippen molar-refractivity contribution in [1.29, 1.82) is 0 Å². The molecule has 2 rings (SSSR count). The van der Waals surface area contributed by atoms with Crippen molar-refractivity contribution < 1.29 is 4.74 Å². The summed E-state index contributed by atoms with van der Waals surface area (Å²) < 4.78 is 5.75. The lowest BCUT2D eigenvalue weighted by molar-refractivity contribution is 0.0725. The average Bonchev–Trinajstić information content (AvgIpc) is 3.00. The lowest BCUT2D eigenvalue weighted by atomic mass is 9.99. The van der Waals surface area contributed by atoms with E-state index in [4.69, 9.17) is 4.74 Å². The number of likely N-dealkylation sites (N-methyl/N-ethyl adjacent to an activating group) is 2. The first-order chi connectivity index (χ1) is 10.2. The minimum atomic E-state index is 0.444. The lowest BCUT2D eigenvalue weighted by Crippen LogP contribution is -2.31. The van der Waals surface area contributed by atoms with Gasteiger partial charge in [0.05, 0.1) is 6.10 Å². The molecule has 1 fully saturated rings. The van der Waals surface area contributed by atoms with Crippen molar-refractivity contribution >= 4 is 0 Å². The molecule has 0 saturated carbocycles. The highest BCUT2D eigenvalue weighted by Crippen LogP contribution is 2.17. The maximum Gasteiger partial charge on any atom is 0.0702 e. The van der Waals surface area contributed by atoms with Crippen LogP contribution < -0.4 is 5.32 Å². The fourth-order valence-corrected chi connectivity index (χ4v) is 3.02. The molecule has 1 aliphatic heterocycles. The molecule has 1 aromatic rings. The van der Waals surface area contributed by atoms with E-state index in [0.717, 1.165) is 32.8 Å². The summed E-state index contributed by atoms with van der Waals surface area (Å²) in [4.78, 5) is 2.49. The van der Waals surface area contributed by atoms with Crippen LogP contribution >= 0.6 is 0 Å². The molecule has 118 valence electrons. The van der Waals surface area contributed by atoms with Crippen molar-refractivity contribution in [3.05, 3.63) is 35.4 Å². The smallest absolute Gasteiger partial charge is 0.0702 e. The lowest BCUT2D eigenvalue weighted by Gasteiger charge is -2.24. The molecule has 0 spiro atoms. The molecule has 0 radical (unpaired) electrons. The van der Waals surface area contributed by atoms with Gasteiger partial charge in [0.25, 0.3) is 0 Å². The Balaban J connectivity index is 1.88. The molecule has 21 heavy (non-hydrogen) atoms. The fourth-order valence-electron chi connectivity index (χ4n) is 3.02. The van der Waals surface area contributed by atoms with E-state index in [2.05, 4.69) is 48.3 Å². The summed E-state index contributed by atoms with van der Waals surface area (Å²) in [5.74, 6) is 0.568. The van der Waals surface area contributed by atoms with Gasteiger partial charge in [-0.15, -0.1) is 0 Å². The van der Waals surface area contributed by atoms with E-state index in [0.29, 0.717) is 12.0 Å². The third-order valence-electron chi connectivity index (χ3n) is 4.40. The van der Waals surface area contributed by atoms with Gasteiger partial charge in [-0.2, -0.15) is 0 Å². The van der Waals surface area contributed by atoms with Gasteiger partial charge >= 0.3 is 0 Å². The Labute approximate surface area is 129 Å². The number of nitrogens with zero attached hydrogens (tertiary/aromatic N) is 1. The minimum Gasteiger partial charge on any atom is -0.377 e. The van der Waals surface area contributed by atoms with Gasteiger partial charge in [0.1, 0.15) is 0 Å². The van der Waals surface area contributed by atoms with Crippen LogP contribution in [-0.2, 0) is 11.3 Å². The number of ether oxygens (including phenoxy) is 1. The predicted molar refractivity (Wildman–Crippen MR) is 88.7 cm³/mol. The highest BCUT2D eigenvalue weighted by molar-refractivity contribution is 5.25. The van der Waals surface area contributed by atoms with E-state index >= 15 is 0 Å². The Morgan fingerprint density at radius 1 is 1.33 bits per heavy atom. The van der Waals surface area contributed by atoms with Crippen molar-refractivity contribution in [3.63, 3.8) is 0 Å². The summed E-state index contributed by atoms with van der Waals surface area (Å²) in [7, 11) is 2.01. The molecule has 1 N–H and O–H groups in total. The average molecular weight is 290 g/mol. The van der Waals surface area contributed by atoms with Crippen LogP contribution in [0.3, 0.4) is 0 Å². The summed E-state index contributed by atoms with van der Waals surface area (Å²) in [5.41, 5.74) is 2.81. The summed E-state index contributed by atoms with van der Waals surface area (Å²) in [6.45, 7) is 9.64. The molecular formula is C18H30N2O. The molecule has 1 aromatic carbocycles. The highest BCUT2D eigenvalue weighted by atomic mass is 16.5. The normalized spacial score (nSPS) is 20.1. The van der Waals surface area contributed by atoms with Gasteiger partial charge in [-0.1, -0.05) is 38.1 Å². The fraction of sp³-hybridized carbons (Fsp3) is 0.667.